The molecule has 0 aliphatic heterocycles. The van der Waals surface area contributed by atoms with Crippen LogP contribution in [0.25, 0.3) is 0 Å². The first-order valence-electron chi connectivity index (χ1n) is 7.98. The average Bonchev–Trinajstić information content (AvgIpc) is 2.54. The van der Waals surface area contributed by atoms with Crippen LogP contribution in [0, 0.1) is 13.8 Å². The van der Waals surface area contributed by atoms with Gasteiger partial charge in [0, 0.05) is 11.3 Å². The zero-order valence-corrected chi connectivity index (χ0v) is 14.7. The predicted octanol–water partition coefficient (Wildman–Crippen LogP) is 4.12. The Morgan fingerprint density at radius 1 is 1.11 bits per heavy atom. The number of amides is 1. The molecular weight excluding hydrogens is 363 g/mol. The van der Waals surface area contributed by atoms with E-state index in [2.05, 4.69) is 5.32 Å². The summed E-state index contributed by atoms with van der Waals surface area (Å²) in [6.45, 7) is 2.79. The molecule has 27 heavy (non-hydrogen) atoms. The first-order chi connectivity index (χ1) is 12.6. The number of alkyl halides is 3. The number of carbonyl (C=O) groups is 2. The number of anilines is 1. The molecule has 0 unspecified atom stereocenters. The Morgan fingerprint density at radius 3 is 2.26 bits per heavy atom. The minimum atomic E-state index is -4.39. The fraction of sp³-hybridized carbons (Fsp3) is 0.263. The van der Waals surface area contributed by atoms with E-state index in [4.69, 9.17) is 9.84 Å². The van der Waals surface area contributed by atoms with Crippen LogP contribution in [-0.4, -0.2) is 29.8 Å². The van der Waals surface area contributed by atoms with Gasteiger partial charge in [-0.1, -0.05) is 18.2 Å². The molecule has 2 N–H and O–H groups in total. The summed E-state index contributed by atoms with van der Waals surface area (Å²) < 4.78 is 43.3. The Hall–Kier alpha value is -3.03. The van der Waals surface area contributed by atoms with Gasteiger partial charge in [-0.3, -0.25) is 4.79 Å². The van der Waals surface area contributed by atoms with Gasteiger partial charge in [0.05, 0.1) is 6.42 Å². The Balaban J connectivity index is 2.23. The Morgan fingerprint density at radius 2 is 1.70 bits per heavy atom. The zero-order chi connectivity index (χ0) is 20.2. The van der Waals surface area contributed by atoms with Crippen molar-refractivity contribution in [2.75, 3.05) is 11.9 Å². The van der Waals surface area contributed by atoms with Crippen LogP contribution in [0.1, 0.15) is 27.0 Å². The lowest BCUT2D eigenvalue weighted by Gasteiger charge is -2.15. The Kier molecular flexibility index (Phi) is 6.09. The number of carboxylic acids is 1. The largest absolute Gasteiger partial charge is 0.481 e. The van der Waals surface area contributed by atoms with Crippen LogP contribution in [0.5, 0.6) is 5.75 Å². The van der Waals surface area contributed by atoms with Crippen molar-refractivity contribution >= 4 is 17.6 Å². The molecular formula is C19H18F3NO4. The Bertz CT molecular complexity index is 839. The van der Waals surface area contributed by atoms with Crippen molar-refractivity contribution in [1.29, 1.82) is 0 Å². The highest BCUT2D eigenvalue weighted by Crippen LogP contribution is 2.28. The molecule has 2 aromatic carbocycles. The van der Waals surface area contributed by atoms with E-state index in [1.807, 2.05) is 0 Å². The summed E-state index contributed by atoms with van der Waals surface area (Å²) in [7, 11) is 0. The third kappa shape index (κ3) is 5.73. The van der Waals surface area contributed by atoms with Gasteiger partial charge in [-0.05, 0) is 48.7 Å². The highest BCUT2D eigenvalue weighted by atomic mass is 19.4. The topological polar surface area (TPSA) is 75.6 Å². The molecule has 8 heteroatoms. The van der Waals surface area contributed by atoms with E-state index in [1.54, 1.807) is 13.8 Å². The first kappa shape index (κ1) is 20.3. The number of ether oxygens (including phenoxy) is 1. The van der Waals surface area contributed by atoms with Gasteiger partial charge in [0.25, 0.3) is 5.91 Å². The number of carbonyl (C=O) groups excluding carboxylic acids is 1. The molecule has 2 aromatic rings. The molecule has 0 aromatic heterocycles. The monoisotopic (exact) mass is 381 g/mol. The van der Waals surface area contributed by atoms with Crippen LogP contribution in [-0.2, 0) is 11.2 Å². The van der Waals surface area contributed by atoms with Crippen LogP contribution in [0.2, 0.25) is 0 Å². The number of aryl methyl sites for hydroxylation is 2. The van der Waals surface area contributed by atoms with Gasteiger partial charge in [0.1, 0.15) is 5.75 Å². The number of nitrogens with one attached hydrogen (secondary N) is 1. The molecule has 1 amide bonds. The summed E-state index contributed by atoms with van der Waals surface area (Å²) in [5, 5.41) is 11.2. The van der Waals surface area contributed by atoms with Crippen molar-refractivity contribution in [3.63, 3.8) is 0 Å². The molecule has 0 saturated carbocycles. The molecule has 2 rings (SSSR count). The second-order valence-electron chi connectivity index (χ2n) is 6.02. The lowest BCUT2D eigenvalue weighted by atomic mass is 10.0. The second kappa shape index (κ2) is 8.11. The van der Waals surface area contributed by atoms with Crippen molar-refractivity contribution < 1.29 is 32.6 Å². The highest BCUT2D eigenvalue weighted by molar-refractivity contribution is 6.05. The summed E-state index contributed by atoms with van der Waals surface area (Å²) >= 11 is 0. The minimum Gasteiger partial charge on any atom is -0.481 e. The normalized spacial score (nSPS) is 11.1. The molecule has 0 spiro atoms. The number of hydrogen-bond donors (Lipinski definition) is 2. The summed E-state index contributed by atoms with van der Waals surface area (Å²) in [5.41, 5.74) is 1.37. The Labute approximate surface area is 153 Å². The van der Waals surface area contributed by atoms with E-state index in [1.165, 1.54) is 36.4 Å². The third-order valence-electron chi connectivity index (χ3n) is 3.72. The molecule has 0 bridgehead atoms. The number of benzene rings is 2. The summed E-state index contributed by atoms with van der Waals surface area (Å²) in [5.74, 6) is -1.34. The summed E-state index contributed by atoms with van der Waals surface area (Å²) in [6, 6.07) is 8.71. The number of halogens is 3. The van der Waals surface area contributed by atoms with E-state index < -0.39 is 31.1 Å². The smallest absolute Gasteiger partial charge is 0.393 e. The summed E-state index contributed by atoms with van der Waals surface area (Å²) in [4.78, 5) is 23.1. The SMILES string of the molecule is Cc1cc(C(=O)Nc2ccccc2CC(F)(F)F)cc(C)c1OCC(=O)O. The lowest BCUT2D eigenvalue weighted by molar-refractivity contribution is -0.139. The van der Waals surface area contributed by atoms with Gasteiger partial charge in [-0.25, -0.2) is 4.79 Å². The van der Waals surface area contributed by atoms with E-state index in [0.29, 0.717) is 16.9 Å². The van der Waals surface area contributed by atoms with Crippen molar-refractivity contribution in [1.82, 2.24) is 0 Å². The van der Waals surface area contributed by atoms with Gasteiger partial charge in [0.15, 0.2) is 6.61 Å². The van der Waals surface area contributed by atoms with Gasteiger partial charge >= 0.3 is 12.1 Å². The van der Waals surface area contributed by atoms with E-state index >= 15 is 0 Å². The quantitative estimate of drug-likeness (QED) is 0.789. The number of hydrogen-bond acceptors (Lipinski definition) is 3. The van der Waals surface area contributed by atoms with Gasteiger partial charge in [-0.15, -0.1) is 0 Å². The van der Waals surface area contributed by atoms with Crippen molar-refractivity contribution in [2.45, 2.75) is 26.4 Å². The number of rotatable bonds is 6. The molecule has 0 aliphatic rings. The molecule has 5 nitrogen and oxygen atoms in total. The molecule has 0 fully saturated rings. The van der Waals surface area contributed by atoms with Crippen LogP contribution < -0.4 is 10.1 Å². The van der Waals surface area contributed by atoms with Crippen LogP contribution in [0.15, 0.2) is 36.4 Å². The predicted molar refractivity (Wildman–Crippen MR) is 93.2 cm³/mol. The van der Waals surface area contributed by atoms with E-state index in [9.17, 15) is 22.8 Å². The van der Waals surface area contributed by atoms with E-state index in [0.717, 1.165) is 0 Å². The number of para-hydroxylation sites is 1. The summed E-state index contributed by atoms with van der Waals surface area (Å²) in [6.07, 6.45) is -5.54. The highest BCUT2D eigenvalue weighted by Gasteiger charge is 2.29. The molecule has 0 saturated heterocycles. The van der Waals surface area contributed by atoms with E-state index in [-0.39, 0.29) is 16.8 Å². The van der Waals surface area contributed by atoms with Crippen molar-refractivity contribution in [3.05, 3.63) is 58.7 Å². The molecule has 0 radical (unpaired) electrons. The minimum absolute atomic E-state index is 0.0341. The zero-order valence-electron chi connectivity index (χ0n) is 14.7. The van der Waals surface area contributed by atoms with Gasteiger partial charge in [-0.2, -0.15) is 13.2 Å². The molecule has 0 atom stereocenters. The molecule has 0 heterocycles. The second-order valence-corrected chi connectivity index (χ2v) is 6.02. The average molecular weight is 381 g/mol. The van der Waals surface area contributed by atoms with Crippen molar-refractivity contribution in [2.24, 2.45) is 0 Å². The van der Waals surface area contributed by atoms with Crippen LogP contribution in [0.3, 0.4) is 0 Å². The van der Waals surface area contributed by atoms with Crippen molar-refractivity contribution in [3.8, 4) is 5.75 Å². The maximum atomic E-state index is 12.7. The van der Waals surface area contributed by atoms with Gasteiger partial charge in [0.2, 0.25) is 0 Å². The first-order valence-corrected chi connectivity index (χ1v) is 7.98. The molecule has 144 valence electrons. The maximum Gasteiger partial charge on any atom is 0.393 e. The number of carboxylic acid groups (broad SMARTS) is 1. The molecule has 0 aliphatic carbocycles. The number of aliphatic carboxylic acids is 1. The van der Waals surface area contributed by atoms with Crippen LogP contribution in [0.4, 0.5) is 18.9 Å². The fourth-order valence-electron chi connectivity index (χ4n) is 2.65. The maximum absolute atomic E-state index is 12.7. The third-order valence-corrected chi connectivity index (χ3v) is 3.72. The standard InChI is InChI=1S/C19H18F3NO4/c1-11-7-14(8-12(2)17(11)27-10-16(24)25)18(26)23-15-6-4-3-5-13(15)9-19(20,21)22/h3-8H,9-10H2,1-2H3,(H,23,26)(H,24,25). The van der Waals surface area contributed by atoms with Crippen LogP contribution >= 0.6 is 0 Å². The lowest BCUT2D eigenvalue weighted by Crippen LogP contribution is -2.17. The fourth-order valence-corrected chi connectivity index (χ4v) is 2.65. The van der Waals surface area contributed by atoms with Gasteiger partial charge < -0.3 is 15.2 Å².